The molecule has 17 heteroatoms. The van der Waals surface area contributed by atoms with Crippen molar-refractivity contribution in [1.82, 2.24) is 9.97 Å². The van der Waals surface area contributed by atoms with Gasteiger partial charge in [-0.25, -0.2) is 23.5 Å². The van der Waals surface area contributed by atoms with E-state index in [1.807, 2.05) is 0 Å². The van der Waals surface area contributed by atoms with Crippen LogP contribution in [0.2, 0.25) is 0 Å². The third-order valence-electron chi connectivity index (χ3n) is 1.53. The predicted octanol–water partition coefficient (Wildman–Crippen LogP) is -0.327. The number of H-pyrrole nitrogens is 1. The average Bonchev–Trinajstić information content (AvgIpc) is 2.31. The number of hydrogen-bond donors (Lipinski definition) is 7. The van der Waals surface area contributed by atoms with Crippen molar-refractivity contribution in [3.63, 3.8) is 0 Å². The molecule has 1 rings (SSSR count). The number of aromatic amines is 1. The van der Waals surface area contributed by atoms with E-state index in [9.17, 15) is 18.5 Å². The van der Waals surface area contributed by atoms with E-state index in [0.717, 1.165) is 0 Å². The lowest BCUT2D eigenvalue weighted by Gasteiger charge is -2.11. The minimum absolute atomic E-state index is 0.348. The van der Waals surface area contributed by atoms with Crippen molar-refractivity contribution >= 4 is 29.3 Å². The van der Waals surface area contributed by atoms with Crippen molar-refractivity contribution < 1.29 is 46.8 Å². The quantitative estimate of drug-likeness (QED) is 0.226. The van der Waals surface area contributed by atoms with E-state index in [4.69, 9.17) is 24.5 Å². The van der Waals surface area contributed by atoms with Crippen LogP contribution in [0, 0.1) is 0 Å². The molecule has 138 valence electrons. The summed E-state index contributed by atoms with van der Waals surface area (Å²) in [4.78, 5) is 56.8. The molecule has 0 radical (unpaired) electrons. The van der Waals surface area contributed by atoms with E-state index in [0.29, 0.717) is 12.4 Å². The number of nitrogens with one attached hydrogen (secondary N) is 2. The molecule has 1 heterocycles. The van der Waals surface area contributed by atoms with E-state index in [-0.39, 0.29) is 5.69 Å². The van der Waals surface area contributed by atoms with E-state index in [1.54, 1.807) is 12.1 Å². The van der Waals surface area contributed by atoms with Crippen LogP contribution < -0.4 is 11.0 Å². The van der Waals surface area contributed by atoms with Gasteiger partial charge in [0.25, 0.3) is 0 Å². The smallest absolute Gasteiger partial charge is 0.368 e. The first kappa shape index (κ1) is 22.8. The highest BCUT2D eigenvalue weighted by Crippen LogP contribution is 2.64. The molecule has 0 unspecified atom stereocenters. The summed E-state index contributed by atoms with van der Waals surface area (Å²) < 4.78 is 36.4. The summed E-state index contributed by atoms with van der Waals surface area (Å²) in [5.74, 6) is 0.657. The molecule has 0 aromatic carbocycles. The van der Waals surface area contributed by atoms with Crippen molar-refractivity contribution in [3.05, 3.63) is 35.4 Å². The lowest BCUT2D eigenvalue weighted by atomic mass is 10.5. The molecule has 0 aliphatic carbocycles. The Morgan fingerprint density at radius 1 is 1.17 bits per heavy atom. The van der Waals surface area contributed by atoms with Crippen LogP contribution in [0.5, 0.6) is 0 Å². The van der Waals surface area contributed by atoms with Crippen molar-refractivity contribution in [2.45, 2.75) is 0 Å². The third kappa shape index (κ3) is 13.3. The van der Waals surface area contributed by atoms with Gasteiger partial charge in [0.1, 0.15) is 5.82 Å². The zero-order chi connectivity index (χ0) is 19.0. The van der Waals surface area contributed by atoms with Crippen LogP contribution in [0.25, 0.3) is 0 Å². The third-order valence-corrected chi connectivity index (χ3v) is 4.88. The summed E-state index contributed by atoms with van der Waals surface area (Å²) in [7, 11) is -16.2. The number of aromatic nitrogens is 2. The van der Waals surface area contributed by atoms with Gasteiger partial charge in [0.2, 0.25) is 0 Å². The molecule has 7 N–H and O–H groups in total. The highest BCUT2D eigenvalue weighted by atomic mass is 31.3. The minimum atomic E-state index is -5.46. The normalized spacial score (nSPS) is 12.0. The van der Waals surface area contributed by atoms with Gasteiger partial charge in [-0.05, 0) is 6.07 Å². The Morgan fingerprint density at radius 3 is 2.04 bits per heavy atom. The summed E-state index contributed by atoms with van der Waals surface area (Å²) in [6, 6.07) is 1.69. The fourth-order valence-corrected chi connectivity index (χ4v) is 3.48. The standard InChI is InChI=1S/C7H9N3O.H5O10P3/c1-2-4-8-6-3-5-9-7(11)10-6;1-11(2,3)9-13(7,8)10-12(4,5)6/h2-3,5H,1,4H2,(H2,8,9,10,11);(H,7,8)(H2,1,2,3)(H2,4,5,6). The molecule has 1 aromatic rings. The predicted molar refractivity (Wildman–Crippen MR) is 79.6 cm³/mol. The van der Waals surface area contributed by atoms with Gasteiger partial charge >= 0.3 is 29.2 Å². The van der Waals surface area contributed by atoms with Crippen LogP contribution in [0.15, 0.2) is 29.7 Å². The van der Waals surface area contributed by atoms with Gasteiger partial charge in [-0.2, -0.15) is 8.62 Å². The lowest BCUT2D eigenvalue weighted by Crippen LogP contribution is -2.12. The van der Waals surface area contributed by atoms with Gasteiger partial charge in [0.05, 0.1) is 0 Å². The van der Waals surface area contributed by atoms with Gasteiger partial charge in [-0.3, -0.25) is 4.98 Å². The molecular formula is C7H14N3O11P3. The average molecular weight is 409 g/mol. The van der Waals surface area contributed by atoms with Gasteiger partial charge in [-0.1, -0.05) is 6.08 Å². The zero-order valence-corrected chi connectivity index (χ0v) is 14.3. The molecule has 0 bridgehead atoms. The molecule has 0 saturated carbocycles. The number of anilines is 1. The Labute approximate surface area is 134 Å². The highest BCUT2D eigenvalue weighted by Gasteiger charge is 2.38. The van der Waals surface area contributed by atoms with Gasteiger partial charge in [-0.15, -0.1) is 6.58 Å². The Bertz CT molecular complexity index is 708. The molecular weight excluding hydrogens is 395 g/mol. The summed E-state index contributed by atoms with van der Waals surface area (Å²) >= 11 is 0. The van der Waals surface area contributed by atoms with Crippen LogP contribution in [0.1, 0.15) is 0 Å². The summed E-state index contributed by atoms with van der Waals surface area (Å²) in [5.41, 5.74) is -0.348. The zero-order valence-electron chi connectivity index (χ0n) is 11.6. The van der Waals surface area contributed by atoms with Gasteiger partial charge in [0, 0.05) is 12.7 Å². The van der Waals surface area contributed by atoms with Gasteiger partial charge in [0.15, 0.2) is 0 Å². The van der Waals surface area contributed by atoms with Crippen LogP contribution in [-0.4, -0.2) is 41.0 Å². The maximum Gasteiger partial charge on any atom is 0.490 e. The molecule has 0 spiro atoms. The number of rotatable bonds is 7. The monoisotopic (exact) mass is 409 g/mol. The van der Waals surface area contributed by atoms with Crippen molar-refractivity contribution in [3.8, 4) is 0 Å². The molecule has 0 atom stereocenters. The van der Waals surface area contributed by atoms with Crippen LogP contribution in [0.4, 0.5) is 5.82 Å². The van der Waals surface area contributed by atoms with E-state index in [1.165, 1.54) is 6.20 Å². The lowest BCUT2D eigenvalue weighted by molar-refractivity contribution is 0.204. The topological polar surface area (TPSA) is 229 Å². The maximum absolute atomic E-state index is 10.6. The van der Waals surface area contributed by atoms with Crippen molar-refractivity contribution in [2.75, 3.05) is 11.9 Å². The highest BCUT2D eigenvalue weighted by molar-refractivity contribution is 7.66. The van der Waals surface area contributed by atoms with E-state index < -0.39 is 23.5 Å². The van der Waals surface area contributed by atoms with Crippen LogP contribution in [-0.2, 0) is 22.3 Å². The first-order valence-electron chi connectivity index (χ1n) is 5.51. The number of phosphoric acid groups is 3. The molecule has 0 saturated heterocycles. The maximum atomic E-state index is 10.6. The molecule has 0 amide bonds. The van der Waals surface area contributed by atoms with Crippen LogP contribution >= 0.6 is 23.5 Å². The van der Waals surface area contributed by atoms with Gasteiger partial charge < -0.3 is 29.8 Å². The number of hydrogen-bond acceptors (Lipinski definition) is 8. The molecule has 0 fully saturated rings. The second kappa shape index (κ2) is 9.35. The summed E-state index contributed by atoms with van der Waals surface area (Å²) in [6.45, 7) is 4.15. The fraction of sp³-hybridized carbons (Fsp3) is 0.143. The minimum Gasteiger partial charge on any atom is -0.368 e. The molecule has 1 aromatic heterocycles. The molecule has 0 aliphatic rings. The fourth-order valence-electron chi connectivity index (χ4n) is 0.938. The van der Waals surface area contributed by atoms with Crippen molar-refractivity contribution in [2.24, 2.45) is 0 Å². The van der Waals surface area contributed by atoms with Crippen LogP contribution in [0.3, 0.4) is 0 Å². The number of nitrogens with zero attached hydrogens (tertiary/aromatic N) is 1. The Balaban J connectivity index is 0.000000446. The van der Waals surface area contributed by atoms with E-state index >= 15 is 0 Å². The molecule has 14 nitrogen and oxygen atoms in total. The first-order chi connectivity index (χ1) is 10.7. The summed E-state index contributed by atoms with van der Waals surface area (Å²) in [6.07, 6.45) is 3.16. The molecule has 0 aliphatic heterocycles. The molecule has 24 heavy (non-hydrogen) atoms. The first-order valence-corrected chi connectivity index (χ1v) is 10.1. The SMILES string of the molecule is C=CCNc1ccnc(=O)[nH]1.O=P(O)(O)OP(=O)(O)OP(=O)(O)O. The Hall–Kier alpha value is -1.17. The Morgan fingerprint density at radius 2 is 1.67 bits per heavy atom. The second-order valence-electron chi connectivity index (χ2n) is 3.57. The van der Waals surface area contributed by atoms with E-state index in [2.05, 4.69) is 30.5 Å². The second-order valence-corrected chi connectivity index (χ2v) is 7.78. The summed E-state index contributed by atoms with van der Waals surface area (Å²) in [5, 5.41) is 2.92. The van der Waals surface area contributed by atoms with Crippen molar-refractivity contribution in [1.29, 1.82) is 0 Å². The largest absolute Gasteiger partial charge is 0.490 e. The Kier molecular flexibility index (Phi) is 8.89.